The fourth-order valence-corrected chi connectivity index (χ4v) is 3.20. The summed E-state index contributed by atoms with van der Waals surface area (Å²) >= 11 is 1.61. The lowest BCUT2D eigenvalue weighted by molar-refractivity contribution is -0.137. The van der Waals surface area contributed by atoms with E-state index in [1.807, 2.05) is 17.5 Å². The highest BCUT2D eigenvalue weighted by atomic mass is 32.1. The summed E-state index contributed by atoms with van der Waals surface area (Å²) in [5.74, 6) is -0.538. The van der Waals surface area contributed by atoms with Crippen LogP contribution in [0.5, 0.6) is 0 Å². The lowest BCUT2D eigenvalue weighted by atomic mass is 9.73. The smallest absolute Gasteiger partial charge is 0.303 e. The molecule has 18 heavy (non-hydrogen) atoms. The van der Waals surface area contributed by atoms with E-state index in [-0.39, 0.29) is 12.3 Å². The summed E-state index contributed by atoms with van der Waals surface area (Å²) in [5, 5.41) is 20.2. The van der Waals surface area contributed by atoms with E-state index < -0.39 is 11.4 Å². The average Bonchev–Trinajstić information content (AvgIpc) is 2.83. The highest BCUT2D eigenvalue weighted by molar-refractivity contribution is 7.10. The molecule has 3 nitrogen and oxygen atoms in total. The largest absolute Gasteiger partial charge is 0.481 e. The van der Waals surface area contributed by atoms with Crippen molar-refractivity contribution in [1.82, 2.24) is 0 Å². The van der Waals surface area contributed by atoms with Crippen LogP contribution in [0.2, 0.25) is 0 Å². The summed E-state index contributed by atoms with van der Waals surface area (Å²) in [4.78, 5) is 11.6. The summed E-state index contributed by atoms with van der Waals surface area (Å²) < 4.78 is 0. The standard InChI is InChI=1S/C14H19NO2S/c1-11(2)14(10-15,12-6-5-9-18-12)8-4-3-7-13(16)17/h5-6,9,11H,3-4,7-8H2,1-2H3,(H,16,17). The third-order valence-electron chi connectivity index (χ3n) is 3.36. The molecule has 0 saturated carbocycles. The molecule has 1 rings (SSSR count). The van der Waals surface area contributed by atoms with Crippen molar-refractivity contribution in [1.29, 1.82) is 5.26 Å². The number of carbonyl (C=O) groups is 1. The second-order valence-corrected chi connectivity index (χ2v) is 5.76. The molecule has 0 aliphatic rings. The molecule has 4 heteroatoms. The Morgan fingerprint density at radius 3 is 2.72 bits per heavy atom. The normalized spacial score (nSPS) is 14.1. The number of hydrogen-bond acceptors (Lipinski definition) is 3. The first kappa shape index (κ1) is 14.7. The third kappa shape index (κ3) is 3.33. The van der Waals surface area contributed by atoms with E-state index in [0.29, 0.717) is 6.42 Å². The third-order valence-corrected chi connectivity index (χ3v) is 4.41. The summed E-state index contributed by atoms with van der Waals surface area (Å²) in [6, 6.07) is 6.44. The van der Waals surface area contributed by atoms with Gasteiger partial charge in [0.05, 0.1) is 11.5 Å². The molecule has 0 aliphatic heterocycles. The van der Waals surface area contributed by atoms with Gasteiger partial charge in [-0.25, -0.2) is 0 Å². The second kappa shape index (κ2) is 6.55. The number of carboxylic acid groups (broad SMARTS) is 1. The van der Waals surface area contributed by atoms with Crippen LogP contribution in [0.3, 0.4) is 0 Å². The molecular weight excluding hydrogens is 246 g/mol. The van der Waals surface area contributed by atoms with Crippen molar-refractivity contribution in [3.05, 3.63) is 22.4 Å². The van der Waals surface area contributed by atoms with Gasteiger partial charge in [0.15, 0.2) is 0 Å². The zero-order chi connectivity index (χ0) is 13.6. The Bertz CT molecular complexity index is 420. The van der Waals surface area contributed by atoms with Gasteiger partial charge in [0.1, 0.15) is 0 Å². The van der Waals surface area contributed by atoms with Crippen molar-refractivity contribution in [2.75, 3.05) is 0 Å². The summed E-state index contributed by atoms with van der Waals surface area (Å²) in [6.07, 6.45) is 2.33. The second-order valence-electron chi connectivity index (χ2n) is 4.82. The van der Waals surface area contributed by atoms with Crippen LogP contribution < -0.4 is 0 Å². The van der Waals surface area contributed by atoms with E-state index in [1.54, 1.807) is 11.3 Å². The number of aliphatic carboxylic acids is 1. The van der Waals surface area contributed by atoms with E-state index >= 15 is 0 Å². The van der Waals surface area contributed by atoms with Crippen molar-refractivity contribution in [3.8, 4) is 6.07 Å². The van der Waals surface area contributed by atoms with Gasteiger partial charge in [-0.05, 0) is 30.2 Å². The molecule has 1 atom stereocenters. The lowest BCUT2D eigenvalue weighted by Gasteiger charge is -2.29. The molecule has 1 N–H and O–H groups in total. The molecule has 1 unspecified atom stereocenters. The Morgan fingerprint density at radius 1 is 1.56 bits per heavy atom. The van der Waals surface area contributed by atoms with Crippen molar-refractivity contribution in [2.45, 2.75) is 44.9 Å². The molecule has 0 fully saturated rings. The monoisotopic (exact) mass is 265 g/mol. The Morgan fingerprint density at radius 2 is 2.28 bits per heavy atom. The zero-order valence-electron chi connectivity index (χ0n) is 10.8. The van der Waals surface area contributed by atoms with E-state index in [4.69, 9.17) is 5.11 Å². The predicted molar refractivity (Wildman–Crippen MR) is 72.6 cm³/mol. The molecule has 0 bridgehead atoms. The minimum absolute atomic E-state index is 0.185. The molecule has 0 spiro atoms. The highest BCUT2D eigenvalue weighted by Gasteiger charge is 2.36. The van der Waals surface area contributed by atoms with Crippen molar-refractivity contribution < 1.29 is 9.90 Å². The quantitative estimate of drug-likeness (QED) is 0.762. The first-order valence-corrected chi connectivity index (χ1v) is 7.08. The predicted octanol–water partition coefficient (Wildman–Crippen LogP) is 3.81. The van der Waals surface area contributed by atoms with Crippen LogP contribution in [-0.2, 0) is 10.2 Å². The number of unbranched alkanes of at least 4 members (excludes halogenated alkanes) is 1. The average molecular weight is 265 g/mol. The molecular formula is C14H19NO2S. The van der Waals surface area contributed by atoms with E-state index in [0.717, 1.165) is 17.7 Å². The van der Waals surface area contributed by atoms with Gasteiger partial charge in [-0.1, -0.05) is 26.3 Å². The van der Waals surface area contributed by atoms with Crippen LogP contribution in [0.4, 0.5) is 0 Å². The van der Waals surface area contributed by atoms with E-state index in [1.165, 1.54) is 0 Å². The lowest BCUT2D eigenvalue weighted by Crippen LogP contribution is -2.29. The van der Waals surface area contributed by atoms with Crippen LogP contribution in [0.25, 0.3) is 0 Å². The van der Waals surface area contributed by atoms with Crippen molar-refractivity contribution >= 4 is 17.3 Å². The van der Waals surface area contributed by atoms with Crippen LogP contribution in [-0.4, -0.2) is 11.1 Å². The molecule has 0 saturated heterocycles. The van der Waals surface area contributed by atoms with E-state index in [2.05, 4.69) is 19.9 Å². The number of nitriles is 1. The summed E-state index contributed by atoms with van der Waals surface area (Å²) in [6.45, 7) is 4.11. The Labute approximate surface area is 112 Å². The maximum atomic E-state index is 10.5. The highest BCUT2D eigenvalue weighted by Crippen LogP contribution is 2.39. The van der Waals surface area contributed by atoms with Crippen LogP contribution >= 0.6 is 11.3 Å². The van der Waals surface area contributed by atoms with Crippen LogP contribution in [0.15, 0.2) is 17.5 Å². The Hall–Kier alpha value is -1.34. The van der Waals surface area contributed by atoms with E-state index in [9.17, 15) is 10.1 Å². The minimum Gasteiger partial charge on any atom is -0.481 e. The Kier molecular flexibility index (Phi) is 5.36. The molecule has 0 amide bonds. The molecule has 1 aromatic heterocycles. The van der Waals surface area contributed by atoms with Gasteiger partial charge in [0.25, 0.3) is 0 Å². The van der Waals surface area contributed by atoms with Gasteiger partial charge in [0, 0.05) is 11.3 Å². The topological polar surface area (TPSA) is 61.1 Å². The molecule has 1 aromatic rings. The molecule has 0 aromatic carbocycles. The fraction of sp³-hybridized carbons (Fsp3) is 0.571. The molecule has 1 heterocycles. The number of nitrogens with zero attached hydrogens (tertiary/aromatic N) is 1. The maximum Gasteiger partial charge on any atom is 0.303 e. The molecule has 0 aliphatic carbocycles. The molecule has 0 radical (unpaired) electrons. The SMILES string of the molecule is CC(C)C(C#N)(CCCCC(=O)O)c1cccs1. The van der Waals surface area contributed by atoms with Crippen molar-refractivity contribution in [3.63, 3.8) is 0 Å². The van der Waals surface area contributed by atoms with Crippen LogP contribution in [0.1, 0.15) is 44.4 Å². The van der Waals surface area contributed by atoms with Crippen molar-refractivity contribution in [2.24, 2.45) is 5.92 Å². The number of rotatable bonds is 7. The van der Waals surface area contributed by atoms with Crippen LogP contribution in [0, 0.1) is 17.2 Å². The van der Waals surface area contributed by atoms with Gasteiger partial charge in [-0.2, -0.15) is 5.26 Å². The summed E-state index contributed by atoms with van der Waals surface area (Å²) in [5.41, 5.74) is -0.466. The number of hydrogen-bond donors (Lipinski definition) is 1. The maximum absolute atomic E-state index is 10.5. The Balaban J connectivity index is 2.74. The minimum atomic E-state index is -0.766. The van der Waals surface area contributed by atoms with Gasteiger partial charge < -0.3 is 5.11 Å². The number of carboxylic acids is 1. The first-order valence-electron chi connectivity index (χ1n) is 6.20. The fourth-order valence-electron chi connectivity index (χ4n) is 2.15. The van der Waals surface area contributed by atoms with Gasteiger partial charge >= 0.3 is 5.97 Å². The zero-order valence-corrected chi connectivity index (χ0v) is 11.7. The number of thiophene rings is 1. The van der Waals surface area contributed by atoms with Gasteiger partial charge in [0.2, 0.25) is 0 Å². The van der Waals surface area contributed by atoms with Gasteiger partial charge in [-0.15, -0.1) is 11.3 Å². The first-order chi connectivity index (χ1) is 8.53. The van der Waals surface area contributed by atoms with Gasteiger partial charge in [-0.3, -0.25) is 4.79 Å². The summed E-state index contributed by atoms with van der Waals surface area (Å²) in [7, 11) is 0. The molecule has 98 valence electrons.